The molecule has 0 aromatic heterocycles. The first-order valence-electron chi connectivity index (χ1n) is 4.70. The molecule has 0 aliphatic carbocycles. The van der Waals surface area contributed by atoms with Crippen molar-refractivity contribution in [1.29, 1.82) is 0 Å². The number of hydrogen-bond donors (Lipinski definition) is 1. The van der Waals surface area contributed by atoms with Gasteiger partial charge < -0.3 is 10.5 Å². The Balaban J connectivity index is 2.27. The minimum absolute atomic E-state index is 0.472. The molecule has 1 aliphatic rings. The quantitative estimate of drug-likeness (QED) is 0.672. The van der Waals surface area contributed by atoms with Crippen LogP contribution in [0, 0.1) is 5.92 Å². The maximum atomic E-state index is 5.66. The van der Waals surface area contributed by atoms with Crippen LogP contribution in [0.5, 0.6) is 0 Å². The number of hydrogen-bond acceptors (Lipinski definition) is 2. The molecule has 2 unspecified atom stereocenters. The lowest BCUT2D eigenvalue weighted by Gasteiger charge is -2.20. The van der Waals surface area contributed by atoms with E-state index in [9.17, 15) is 0 Å². The van der Waals surface area contributed by atoms with Crippen LogP contribution in [0.4, 0.5) is 0 Å². The van der Waals surface area contributed by atoms with Gasteiger partial charge in [-0.15, -0.1) is 0 Å². The summed E-state index contributed by atoms with van der Waals surface area (Å²) in [4.78, 5) is 0. The largest absolute Gasteiger partial charge is 0.378 e. The maximum absolute atomic E-state index is 5.66. The second-order valence-corrected chi connectivity index (χ2v) is 3.34. The van der Waals surface area contributed by atoms with Gasteiger partial charge in [-0.05, 0) is 31.7 Å². The van der Waals surface area contributed by atoms with E-state index in [0.29, 0.717) is 12.0 Å². The van der Waals surface area contributed by atoms with Gasteiger partial charge in [-0.3, -0.25) is 0 Å². The summed E-state index contributed by atoms with van der Waals surface area (Å²) < 4.78 is 5.58. The first-order chi connectivity index (χ1) is 5.38. The third kappa shape index (κ3) is 2.46. The molecule has 0 bridgehead atoms. The van der Waals surface area contributed by atoms with E-state index in [1.165, 1.54) is 25.7 Å². The highest BCUT2D eigenvalue weighted by atomic mass is 16.5. The zero-order chi connectivity index (χ0) is 8.10. The van der Waals surface area contributed by atoms with E-state index in [0.717, 1.165) is 13.2 Å². The van der Waals surface area contributed by atoms with Gasteiger partial charge in [0.05, 0.1) is 6.10 Å². The molecule has 0 saturated carbocycles. The molecule has 2 atom stereocenters. The Labute approximate surface area is 69.1 Å². The Morgan fingerprint density at radius 3 is 2.91 bits per heavy atom. The van der Waals surface area contributed by atoms with Crippen molar-refractivity contribution in [3.8, 4) is 0 Å². The summed E-state index contributed by atoms with van der Waals surface area (Å²) in [7, 11) is 0. The minimum Gasteiger partial charge on any atom is -0.378 e. The van der Waals surface area contributed by atoms with Crippen molar-refractivity contribution in [2.24, 2.45) is 11.7 Å². The van der Waals surface area contributed by atoms with E-state index in [1.807, 2.05) is 0 Å². The molecular weight excluding hydrogens is 138 g/mol. The van der Waals surface area contributed by atoms with Crippen LogP contribution in [-0.4, -0.2) is 19.3 Å². The number of nitrogens with two attached hydrogens (primary N) is 1. The Kier molecular flexibility index (Phi) is 3.87. The van der Waals surface area contributed by atoms with Gasteiger partial charge in [0.1, 0.15) is 0 Å². The predicted molar refractivity (Wildman–Crippen MR) is 46.4 cm³/mol. The molecule has 1 fully saturated rings. The van der Waals surface area contributed by atoms with Crippen LogP contribution in [-0.2, 0) is 4.74 Å². The van der Waals surface area contributed by atoms with Crippen LogP contribution in [0.15, 0.2) is 0 Å². The second-order valence-electron chi connectivity index (χ2n) is 3.34. The van der Waals surface area contributed by atoms with E-state index in [1.54, 1.807) is 0 Å². The normalized spacial score (nSPS) is 27.3. The fraction of sp³-hybridized carbons (Fsp3) is 1.00. The molecule has 11 heavy (non-hydrogen) atoms. The molecule has 1 heterocycles. The summed E-state index contributed by atoms with van der Waals surface area (Å²) in [6.07, 6.45) is 5.37. The highest BCUT2D eigenvalue weighted by molar-refractivity contribution is 4.74. The molecule has 1 saturated heterocycles. The third-order valence-electron chi connectivity index (χ3n) is 2.45. The summed E-state index contributed by atoms with van der Waals surface area (Å²) >= 11 is 0. The molecule has 0 radical (unpaired) electrons. The minimum atomic E-state index is 0.472. The van der Waals surface area contributed by atoms with Gasteiger partial charge in [-0.2, -0.15) is 0 Å². The summed E-state index contributed by atoms with van der Waals surface area (Å²) in [6.45, 7) is 3.95. The van der Waals surface area contributed by atoms with Crippen LogP contribution < -0.4 is 5.73 Å². The molecule has 66 valence electrons. The Bertz CT molecular complexity index is 99.7. The summed E-state index contributed by atoms with van der Waals surface area (Å²) in [5, 5.41) is 0. The molecule has 2 N–H and O–H groups in total. The lowest BCUT2D eigenvalue weighted by atomic mass is 9.95. The van der Waals surface area contributed by atoms with Gasteiger partial charge in [-0.1, -0.05) is 13.3 Å². The lowest BCUT2D eigenvalue weighted by molar-refractivity contribution is 0.0623. The Morgan fingerprint density at radius 1 is 1.64 bits per heavy atom. The first-order valence-corrected chi connectivity index (χ1v) is 4.70. The molecule has 0 spiro atoms. The molecule has 2 nitrogen and oxygen atoms in total. The van der Waals surface area contributed by atoms with Gasteiger partial charge in [0.25, 0.3) is 0 Å². The summed E-state index contributed by atoms with van der Waals surface area (Å²) in [5.74, 6) is 0.613. The van der Waals surface area contributed by atoms with E-state index in [-0.39, 0.29) is 0 Å². The number of ether oxygens (including phenoxy) is 1. The van der Waals surface area contributed by atoms with Gasteiger partial charge in [-0.25, -0.2) is 0 Å². The van der Waals surface area contributed by atoms with Crippen molar-refractivity contribution in [1.82, 2.24) is 0 Å². The van der Waals surface area contributed by atoms with Crippen LogP contribution in [0.3, 0.4) is 0 Å². The van der Waals surface area contributed by atoms with E-state index in [2.05, 4.69) is 6.92 Å². The van der Waals surface area contributed by atoms with Crippen LogP contribution in [0.25, 0.3) is 0 Å². The zero-order valence-corrected chi connectivity index (χ0v) is 7.38. The van der Waals surface area contributed by atoms with Crippen molar-refractivity contribution < 1.29 is 4.74 Å². The van der Waals surface area contributed by atoms with E-state index >= 15 is 0 Å². The van der Waals surface area contributed by atoms with E-state index in [4.69, 9.17) is 10.5 Å². The molecule has 1 aliphatic heterocycles. The van der Waals surface area contributed by atoms with Gasteiger partial charge in [0, 0.05) is 6.61 Å². The Morgan fingerprint density at radius 2 is 2.45 bits per heavy atom. The molecule has 2 heteroatoms. The van der Waals surface area contributed by atoms with Crippen molar-refractivity contribution in [3.63, 3.8) is 0 Å². The van der Waals surface area contributed by atoms with E-state index < -0.39 is 0 Å². The van der Waals surface area contributed by atoms with Crippen LogP contribution in [0.2, 0.25) is 0 Å². The highest BCUT2D eigenvalue weighted by Gasteiger charge is 2.23. The molecule has 1 rings (SSSR count). The average molecular weight is 157 g/mol. The van der Waals surface area contributed by atoms with Gasteiger partial charge in [0.15, 0.2) is 0 Å². The molecular formula is C9H19NO. The van der Waals surface area contributed by atoms with Crippen molar-refractivity contribution >= 4 is 0 Å². The SMILES string of the molecule is CCCC(CN)C1CCCO1. The smallest absolute Gasteiger partial charge is 0.0616 e. The van der Waals surface area contributed by atoms with Crippen LogP contribution in [0.1, 0.15) is 32.6 Å². The number of rotatable bonds is 4. The van der Waals surface area contributed by atoms with Crippen LogP contribution >= 0.6 is 0 Å². The van der Waals surface area contributed by atoms with Gasteiger partial charge in [0.2, 0.25) is 0 Å². The summed E-state index contributed by atoms with van der Waals surface area (Å²) in [5.41, 5.74) is 5.66. The highest BCUT2D eigenvalue weighted by Crippen LogP contribution is 2.22. The predicted octanol–water partition coefficient (Wildman–Crippen LogP) is 1.54. The fourth-order valence-corrected chi connectivity index (χ4v) is 1.80. The zero-order valence-electron chi connectivity index (χ0n) is 7.38. The van der Waals surface area contributed by atoms with Crippen molar-refractivity contribution in [2.75, 3.05) is 13.2 Å². The van der Waals surface area contributed by atoms with Crippen molar-refractivity contribution in [2.45, 2.75) is 38.7 Å². The average Bonchev–Trinajstić information content (AvgIpc) is 2.52. The monoisotopic (exact) mass is 157 g/mol. The standard InChI is InChI=1S/C9H19NO/c1-2-4-8(7-10)9-5-3-6-11-9/h8-9H,2-7,10H2,1H3. The van der Waals surface area contributed by atoms with Gasteiger partial charge >= 0.3 is 0 Å². The third-order valence-corrected chi connectivity index (χ3v) is 2.45. The van der Waals surface area contributed by atoms with Crippen molar-refractivity contribution in [3.05, 3.63) is 0 Å². The fourth-order valence-electron chi connectivity index (χ4n) is 1.80. The first kappa shape index (κ1) is 9.01. The molecule has 0 amide bonds. The summed E-state index contributed by atoms with van der Waals surface area (Å²) in [6, 6.07) is 0. The Hall–Kier alpha value is -0.0800. The second kappa shape index (κ2) is 4.73. The molecule has 0 aromatic carbocycles. The molecule has 0 aromatic rings. The topological polar surface area (TPSA) is 35.2 Å². The lowest BCUT2D eigenvalue weighted by Crippen LogP contribution is -2.27. The maximum Gasteiger partial charge on any atom is 0.0616 e.